The van der Waals surface area contributed by atoms with Crippen LogP contribution >= 0.6 is 0 Å². The minimum absolute atomic E-state index is 0.0726. The van der Waals surface area contributed by atoms with Crippen molar-refractivity contribution in [2.45, 2.75) is 38.8 Å². The number of nitrogens with zero attached hydrogens (tertiary/aromatic N) is 1. The molecule has 2 aromatic carbocycles. The molecule has 154 valence electrons. The van der Waals surface area contributed by atoms with Gasteiger partial charge >= 0.3 is 5.69 Å². The maximum absolute atomic E-state index is 12.5. The maximum Gasteiger partial charge on any atom is 0.311 e. The molecule has 2 aromatic rings. The molecule has 1 N–H and O–H groups in total. The van der Waals surface area contributed by atoms with Crippen LogP contribution in [-0.4, -0.2) is 30.1 Å². The third-order valence-corrected chi connectivity index (χ3v) is 4.68. The van der Waals surface area contributed by atoms with Gasteiger partial charge in [-0.25, -0.2) is 0 Å². The molecular formula is C21H24N2O6. The van der Waals surface area contributed by atoms with Crippen LogP contribution < -0.4 is 19.5 Å². The van der Waals surface area contributed by atoms with Crippen LogP contribution in [0.15, 0.2) is 36.4 Å². The third kappa shape index (κ3) is 4.77. The van der Waals surface area contributed by atoms with Crippen LogP contribution in [0.1, 0.15) is 37.4 Å². The fraction of sp³-hybridized carbons (Fsp3) is 0.381. The van der Waals surface area contributed by atoms with Crippen LogP contribution in [-0.2, 0) is 4.79 Å². The van der Waals surface area contributed by atoms with Gasteiger partial charge in [0.05, 0.1) is 18.1 Å². The second-order valence-corrected chi connectivity index (χ2v) is 7.61. The fourth-order valence-electron chi connectivity index (χ4n) is 3.37. The van der Waals surface area contributed by atoms with Crippen LogP contribution in [0.5, 0.6) is 17.2 Å². The van der Waals surface area contributed by atoms with E-state index in [2.05, 4.69) is 5.32 Å². The second-order valence-electron chi connectivity index (χ2n) is 7.61. The van der Waals surface area contributed by atoms with E-state index in [0.717, 1.165) is 16.9 Å². The molecule has 1 unspecified atom stereocenters. The van der Waals surface area contributed by atoms with Gasteiger partial charge in [0.1, 0.15) is 17.1 Å². The summed E-state index contributed by atoms with van der Waals surface area (Å²) in [5, 5.41) is 14.0. The lowest BCUT2D eigenvalue weighted by Gasteiger charge is -2.38. The van der Waals surface area contributed by atoms with Gasteiger partial charge in [-0.15, -0.1) is 0 Å². The van der Waals surface area contributed by atoms with Gasteiger partial charge in [0.15, 0.2) is 6.61 Å². The van der Waals surface area contributed by atoms with Gasteiger partial charge in [0.2, 0.25) is 5.75 Å². The van der Waals surface area contributed by atoms with Crippen molar-refractivity contribution in [2.24, 2.45) is 0 Å². The van der Waals surface area contributed by atoms with Crippen molar-refractivity contribution in [2.75, 3.05) is 13.7 Å². The Labute approximate surface area is 168 Å². The Hall–Kier alpha value is -3.29. The Balaban J connectivity index is 1.68. The highest BCUT2D eigenvalue weighted by molar-refractivity contribution is 5.78. The van der Waals surface area contributed by atoms with Crippen molar-refractivity contribution in [3.05, 3.63) is 57.6 Å². The summed E-state index contributed by atoms with van der Waals surface area (Å²) in [7, 11) is 1.34. The van der Waals surface area contributed by atoms with Crippen molar-refractivity contribution in [3.8, 4) is 17.2 Å². The molecule has 0 aliphatic carbocycles. The van der Waals surface area contributed by atoms with Crippen molar-refractivity contribution < 1.29 is 23.9 Å². The van der Waals surface area contributed by atoms with E-state index in [9.17, 15) is 14.9 Å². The number of rotatable bonds is 6. The van der Waals surface area contributed by atoms with Crippen LogP contribution in [0.2, 0.25) is 0 Å². The van der Waals surface area contributed by atoms with Crippen LogP contribution in [0.25, 0.3) is 0 Å². The van der Waals surface area contributed by atoms with Gasteiger partial charge in [-0.05, 0) is 38.5 Å². The topological polar surface area (TPSA) is 99.9 Å². The monoisotopic (exact) mass is 400 g/mol. The number of carbonyl (C=O) groups is 1. The van der Waals surface area contributed by atoms with E-state index in [1.807, 2.05) is 39.0 Å². The van der Waals surface area contributed by atoms with Crippen molar-refractivity contribution >= 4 is 11.6 Å². The minimum Gasteiger partial charge on any atom is -0.490 e. The molecule has 1 atom stereocenters. The molecule has 1 amide bonds. The first-order valence-electron chi connectivity index (χ1n) is 9.23. The zero-order valence-corrected chi connectivity index (χ0v) is 16.9. The molecule has 0 fully saturated rings. The predicted molar refractivity (Wildman–Crippen MR) is 107 cm³/mol. The number of hydrogen-bond acceptors (Lipinski definition) is 6. The number of carbonyl (C=O) groups excluding carboxylic acids is 1. The van der Waals surface area contributed by atoms with Crippen LogP contribution in [0, 0.1) is 17.0 Å². The number of aryl methyl sites for hydroxylation is 1. The minimum atomic E-state index is -0.540. The number of fused-ring (bicyclic) bond motifs is 1. The number of nitro groups is 1. The van der Waals surface area contributed by atoms with E-state index >= 15 is 0 Å². The number of amides is 1. The molecule has 1 heterocycles. The molecule has 0 aromatic heterocycles. The average molecular weight is 400 g/mol. The first-order valence-corrected chi connectivity index (χ1v) is 9.23. The van der Waals surface area contributed by atoms with Gasteiger partial charge in [-0.3, -0.25) is 14.9 Å². The van der Waals surface area contributed by atoms with Gasteiger partial charge in [-0.1, -0.05) is 12.1 Å². The number of nitrogens with one attached hydrogen (secondary N) is 1. The quantitative estimate of drug-likeness (QED) is 0.586. The Morgan fingerprint density at radius 1 is 1.31 bits per heavy atom. The highest BCUT2D eigenvalue weighted by Gasteiger charge is 2.34. The molecule has 3 rings (SSSR count). The van der Waals surface area contributed by atoms with Crippen molar-refractivity contribution in [1.82, 2.24) is 5.32 Å². The lowest BCUT2D eigenvalue weighted by atomic mass is 9.89. The van der Waals surface area contributed by atoms with Crippen molar-refractivity contribution in [1.29, 1.82) is 0 Å². The zero-order chi connectivity index (χ0) is 21.2. The summed E-state index contributed by atoms with van der Waals surface area (Å²) >= 11 is 0. The summed E-state index contributed by atoms with van der Waals surface area (Å²) in [5.41, 5.74) is 1.44. The van der Waals surface area contributed by atoms with Gasteiger partial charge < -0.3 is 19.5 Å². The normalized spacial score (nSPS) is 16.9. The van der Waals surface area contributed by atoms with Gasteiger partial charge in [0, 0.05) is 24.1 Å². The van der Waals surface area contributed by atoms with Crippen LogP contribution in [0.4, 0.5) is 5.69 Å². The Kier molecular flexibility index (Phi) is 5.63. The average Bonchev–Trinajstić information content (AvgIpc) is 2.64. The Morgan fingerprint density at radius 2 is 2.07 bits per heavy atom. The number of methoxy groups -OCH3 is 1. The van der Waals surface area contributed by atoms with E-state index < -0.39 is 10.5 Å². The van der Waals surface area contributed by atoms with E-state index in [0.29, 0.717) is 12.2 Å². The Morgan fingerprint density at radius 3 is 2.76 bits per heavy atom. The summed E-state index contributed by atoms with van der Waals surface area (Å²) < 4.78 is 16.6. The molecule has 0 saturated carbocycles. The molecule has 0 radical (unpaired) electrons. The molecule has 8 heteroatoms. The smallest absolute Gasteiger partial charge is 0.311 e. The molecule has 0 bridgehead atoms. The summed E-state index contributed by atoms with van der Waals surface area (Å²) in [6.07, 6.45) is 0.625. The number of hydrogen-bond donors (Lipinski definition) is 1. The molecule has 0 saturated heterocycles. The van der Waals surface area contributed by atoms with Gasteiger partial charge in [0.25, 0.3) is 5.91 Å². The van der Waals surface area contributed by atoms with Crippen LogP contribution in [0.3, 0.4) is 0 Å². The first kappa shape index (κ1) is 20.4. The molecular weight excluding hydrogens is 376 g/mol. The summed E-state index contributed by atoms with van der Waals surface area (Å²) in [4.78, 5) is 22.9. The molecule has 0 spiro atoms. The van der Waals surface area contributed by atoms with Crippen molar-refractivity contribution in [3.63, 3.8) is 0 Å². The SMILES string of the molecule is COc1cc(OCC(=O)NC2CC(C)(C)Oc3cc(C)ccc32)ccc1[N+](=O)[O-]. The second kappa shape index (κ2) is 7.98. The highest BCUT2D eigenvalue weighted by Crippen LogP contribution is 2.40. The first-order chi connectivity index (χ1) is 13.7. The Bertz CT molecular complexity index is 941. The largest absolute Gasteiger partial charge is 0.490 e. The number of benzene rings is 2. The third-order valence-electron chi connectivity index (χ3n) is 4.68. The van der Waals surface area contributed by atoms with Gasteiger partial charge in [-0.2, -0.15) is 0 Å². The number of nitro benzene ring substituents is 1. The van der Waals surface area contributed by atoms with E-state index in [1.54, 1.807) is 0 Å². The highest BCUT2D eigenvalue weighted by atomic mass is 16.6. The standard InChI is InChI=1S/C21H24N2O6/c1-13-5-7-15-16(11-21(2,3)29-18(15)9-13)22-20(24)12-28-14-6-8-17(23(25)26)19(10-14)27-4/h5-10,16H,11-12H2,1-4H3,(H,22,24). The van der Waals surface area contributed by atoms with E-state index in [1.165, 1.54) is 25.3 Å². The molecule has 8 nitrogen and oxygen atoms in total. The predicted octanol–water partition coefficient (Wildman–Crippen LogP) is 3.71. The van der Waals surface area contributed by atoms with E-state index in [-0.39, 0.29) is 30.0 Å². The fourth-order valence-corrected chi connectivity index (χ4v) is 3.37. The molecule has 1 aliphatic rings. The lowest BCUT2D eigenvalue weighted by Crippen LogP contribution is -2.42. The van der Waals surface area contributed by atoms with E-state index in [4.69, 9.17) is 14.2 Å². The molecule has 1 aliphatic heterocycles. The maximum atomic E-state index is 12.5. The zero-order valence-electron chi connectivity index (χ0n) is 16.9. The lowest BCUT2D eigenvalue weighted by molar-refractivity contribution is -0.385. The summed E-state index contributed by atoms with van der Waals surface area (Å²) in [6, 6.07) is 9.83. The molecule has 29 heavy (non-hydrogen) atoms. The summed E-state index contributed by atoms with van der Waals surface area (Å²) in [5.74, 6) is 0.860. The summed E-state index contributed by atoms with van der Waals surface area (Å²) in [6.45, 7) is 5.74. The number of ether oxygens (including phenoxy) is 3.